The Balaban J connectivity index is 0.00000210. The number of ether oxygens (including phenoxy) is 2. The number of esters is 1. The molecule has 0 spiro atoms. The standard InChI is InChI=1S/C19H22N4O4.2ClH/c1-26-18(24)14-4-6-15(7-5-14)22-19(25)23-10-9-21-11-16(23)13-27-17-3-2-8-20-12-17;;/h2-8,12,16,21H,9-11,13H2,1H3,(H,22,25);2*1H. The number of methoxy groups -OCH3 is 1. The van der Waals surface area contributed by atoms with E-state index in [9.17, 15) is 9.59 Å². The highest BCUT2D eigenvalue weighted by Gasteiger charge is 2.27. The molecular formula is C19H24Cl2N4O4. The van der Waals surface area contributed by atoms with Crippen molar-refractivity contribution in [1.29, 1.82) is 0 Å². The Morgan fingerprint density at radius 3 is 2.66 bits per heavy atom. The molecule has 1 fully saturated rings. The molecule has 0 aliphatic carbocycles. The van der Waals surface area contributed by atoms with Crippen LogP contribution >= 0.6 is 24.8 Å². The summed E-state index contributed by atoms with van der Waals surface area (Å²) in [6, 6.07) is 9.90. The largest absolute Gasteiger partial charge is 0.490 e. The lowest BCUT2D eigenvalue weighted by atomic mass is 10.2. The lowest BCUT2D eigenvalue weighted by Crippen LogP contribution is -2.57. The summed E-state index contributed by atoms with van der Waals surface area (Å²) < 4.78 is 10.4. The van der Waals surface area contributed by atoms with E-state index in [1.807, 2.05) is 6.07 Å². The van der Waals surface area contributed by atoms with Crippen molar-refractivity contribution in [2.24, 2.45) is 0 Å². The van der Waals surface area contributed by atoms with Crippen molar-refractivity contribution in [3.63, 3.8) is 0 Å². The summed E-state index contributed by atoms with van der Waals surface area (Å²) >= 11 is 0. The van der Waals surface area contributed by atoms with Crippen molar-refractivity contribution in [2.45, 2.75) is 6.04 Å². The molecule has 1 aliphatic heterocycles. The summed E-state index contributed by atoms with van der Waals surface area (Å²) in [6.07, 6.45) is 3.32. The minimum atomic E-state index is -0.414. The van der Waals surface area contributed by atoms with Gasteiger partial charge in [-0.3, -0.25) is 4.98 Å². The third kappa shape index (κ3) is 6.77. The summed E-state index contributed by atoms with van der Waals surface area (Å²) in [4.78, 5) is 29.9. The first-order valence-electron chi connectivity index (χ1n) is 8.67. The fraction of sp³-hybridized carbons (Fsp3) is 0.316. The van der Waals surface area contributed by atoms with Crippen LogP contribution in [-0.4, -0.2) is 61.3 Å². The maximum absolute atomic E-state index is 12.7. The molecule has 2 amide bonds. The van der Waals surface area contributed by atoms with Crippen LogP contribution in [0.2, 0.25) is 0 Å². The number of aromatic nitrogens is 1. The number of piperazine rings is 1. The molecule has 1 aromatic heterocycles. The van der Waals surface area contributed by atoms with Gasteiger partial charge in [-0.25, -0.2) is 9.59 Å². The van der Waals surface area contributed by atoms with Crippen LogP contribution in [0.4, 0.5) is 10.5 Å². The minimum Gasteiger partial charge on any atom is -0.490 e. The number of benzene rings is 1. The topological polar surface area (TPSA) is 92.8 Å². The van der Waals surface area contributed by atoms with E-state index < -0.39 is 5.97 Å². The molecule has 3 rings (SSSR count). The van der Waals surface area contributed by atoms with E-state index in [1.54, 1.807) is 47.6 Å². The number of anilines is 1. The molecule has 2 N–H and O–H groups in total. The molecule has 10 heteroatoms. The van der Waals surface area contributed by atoms with Gasteiger partial charge in [-0.1, -0.05) is 0 Å². The summed E-state index contributed by atoms with van der Waals surface area (Å²) in [5, 5.41) is 6.14. The quantitative estimate of drug-likeness (QED) is 0.691. The average Bonchev–Trinajstić information content (AvgIpc) is 2.73. The zero-order valence-electron chi connectivity index (χ0n) is 15.9. The van der Waals surface area contributed by atoms with Crippen molar-refractivity contribution < 1.29 is 19.1 Å². The molecule has 8 nitrogen and oxygen atoms in total. The summed E-state index contributed by atoms with van der Waals surface area (Å²) in [6.45, 7) is 2.31. The average molecular weight is 443 g/mol. The van der Waals surface area contributed by atoms with Gasteiger partial charge in [-0.2, -0.15) is 0 Å². The Hall–Kier alpha value is -2.55. The first kappa shape index (κ1) is 24.5. The predicted molar refractivity (Wildman–Crippen MR) is 114 cm³/mol. The van der Waals surface area contributed by atoms with Crippen molar-refractivity contribution in [3.8, 4) is 5.75 Å². The number of hydrogen-bond acceptors (Lipinski definition) is 6. The third-order valence-corrected chi connectivity index (χ3v) is 4.25. The highest BCUT2D eigenvalue weighted by atomic mass is 35.5. The number of nitrogens with zero attached hydrogens (tertiary/aromatic N) is 2. The normalized spacial score (nSPS) is 15.3. The maximum Gasteiger partial charge on any atom is 0.337 e. The molecule has 1 aliphatic rings. The first-order valence-corrected chi connectivity index (χ1v) is 8.67. The maximum atomic E-state index is 12.7. The smallest absolute Gasteiger partial charge is 0.337 e. The van der Waals surface area contributed by atoms with E-state index >= 15 is 0 Å². The van der Waals surface area contributed by atoms with E-state index in [1.165, 1.54) is 7.11 Å². The molecule has 29 heavy (non-hydrogen) atoms. The Kier molecular flexibility index (Phi) is 10.2. The molecule has 1 atom stereocenters. The molecule has 0 saturated carbocycles. The number of halogens is 2. The third-order valence-electron chi connectivity index (χ3n) is 4.25. The van der Waals surface area contributed by atoms with Crippen LogP contribution in [0.5, 0.6) is 5.75 Å². The Labute approximate surface area is 181 Å². The van der Waals surface area contributed by atoms with Crippen molar-refractivity contribution >= 4 is 42.5 Å². The van der Waals surface area contributed by atoms with Crippen LogP contribution < -0.4 is 15.4 Å². The van der Waals surface area contributed by atoms with E-state index in [0.717, 1.165) is 6.54 Å². The SMILES string of the molecule is COC(=O)c1ccc(NC(=O)N2CCNCC2COc2cccnc2)cc1.Cl.Cl. The molecule has 0 bridgehead atoms. The lowest BCUT2D eigenvalue weighted by molar-refractivity contribution is 0.0600. The molecule has 1 unspecified atom stereocenters. The van der Waals surface area contributed by atoms with Crippen molar-refractivity contribution in [2.75, 3.05) is 38.7 Å². The fourth-order valence-electron chi connectivity index (χ4n) is 2.80. The molecule has 1 saturated heterocycles. The molecular weight excluding hydrogens is 419 g/mol. The van der Waals surface area contributed by atoms with Gasteiger partial charge in [0.2, 0.25) is 0 Å². The lowest BCUT2D eigenvalue weighted by Gasteiger charge is -2.35. The van der Waals surface area contributed by atoms with Gasteiger partial charge in [0.15, 0.2) is 0 Å². The van der Waals surface area contributed by atoms with Crippen LogP contribution in [0.25, 0.3) is 0 Å². The molecule has 2 aromatic rings. The van der Waals surface area contributed by atoms with Crippen molar-refractivity contribution in [3.05, 3.63) is 54.4 Å². The number of hydrogen-bond donors (Lipinski definition) is 2. The molecule has 158 valence electrons. The summed E-state index contributed by atoms with van der Waals surface area (Å²) in [7, 11) is 1.33. The second-order valence-electron chi connectivity index (χ2n) is 6.05. The zero-order valence-corrected chi connectivity index (χ0v) is 17.5. The second-order valence-corrected chi connectivity index (χ2v) is 6.05. The van der Waals surface area contributed by atoms with E-state index in [4.69, 9.17) is 4.74 Å². The number of pyridine rings is 1. The van der Waals surface area contributed by atoms with E-state index in [-0.39, 0.29) is 36.9 Å². The number of carbonyl (C=O) groups excluding carboxylic acids is 2. The van der Waals surface area contributed by atoms with Crippen LogP contribution in [0.1, 0.15) is 10.4 Å². The Bertz CT molecular complexity index is 778. The van der Waals surface area contributed by atoms with Crippen LogP contribution in [0.15, 0.2) is 48.8 Å². The van der Waals surface area contributed by atoms with Gasteiger partial charge in [0.25, 0.3) is 0 Å². The first-order chi connectivity index (χ1) is 13.2. The Morgan fingerprint density at radius 1 is 1.24 bits per heavy atom. The number of urea groups is 1. The van der Waals surface area contributed by atoms with Gasteiger partial charge in [0.05, 0.1) is 24.9 Å². The monoisotopic (exact) mass is 442 g/mol. The van der Waals surface area contributed by atoms with Gasteiger partial charge in [0, 0.05) is 31.5 Å². The predicted octanol–water partition coefficient (Wildman–Crippen LogP) is 2.60. The van der Waals surface area contributed by atoms with Crippen LogP contribution in [-0.2, 0) is 4.74 Å². The zero-order chi connectivity index (χ0) is 19.1. The molecule has 0 radical (unpaired) electrons. The fourth-order valence-corrected chi connectivity index (χ4v) is 2.80. The van der Waals surface area contributed by atoms with Gasteiger partial charge in [-0.15, -0.1) is 24.8 Å². The van der Waals surface area contributed by atoms with E-state index in [2.05, 4.69) is 20.4 Å². The van der Waals surface area contributed by atoms with Crippen LogP contribution in [0.3, 0.4) is 0 Å². The minimum absolute atomic E-state index is 0. The summed E-state index contributed by atoms with van der Waals surface area (Å²) in [5.74, 6) is 0.254. The highest BCUT2D eigenvalue weighted by molar-refractivity contribution is 5.92. The van der Waals surface area contributed by atoms with Gasteiger partial charge in [0.1, 0.15) is 12.4 Å². The number of carbonyl (C=O) groups is 2. The van der Waals surface area contributed by atoms with Gasteiger partial charge >= 0.3 is 12.0 Å². The second kappa shape index (κ2) is 12.1. The number of nitrogens with one attached hydrogen (secondary N) is 2. The van der Waals surface area contributed by atoms with Crippen LogP contribution in [0, 0.1) is 0 Å². The van der Waals surface area contributed by atoms with Gasteiger partial charge < -0.3 is 25.0 Å². The van der Waals surface area contributed by atoms with Crippen molar-refractivity contribution in [1.82, 2.24) is 15.2 Å². The van der Waals surface area contributed by atoms with Gasteiger partial charge in [-0.05, 0) is 36.4 Å². The number of amides is 2. The Morgan fingerprint density at radius 2 is 2.00 bits per heavy atom. The molecule has 1 aromatic carbocycles. The highest BCUT2D eigenvalue weighted by Crippen LogP contribution is 2.14. The number of rotatable bonds is 5. The molecule has 2 heterocycles. The summed E-state index contributed by atoms with van der Waals surface area (Å²) in [5.41, 5.74) is 1.04. The van der Waals surface area contributed by atoms with E-state index in [0.29, 0.717) is 36.7 Å².